The molecule has 0 N–H and O–H groups in total. The first-order chi connectivity index (χ1) is 16.3. The molecule has 0 aromatic heterocycles. The van der Waals surface area contributed by atoms with Gasteiger partial charge in [-0.15, -0.1) is 0 Å². The molecule has 34 heavy (non-hydrogen) atoms. The Morgan fingerprint density at radius 2 is 0.824 bits per heavy atom. The number of nitrogens with zero attached hydrogens (tertiary/aromatic N) is 2. The van der Waals surface area contributed by atoms with Crippen LogP contribution in [-0.2, 0) is 32.3 Å². The lowest BCUT2D eigenvalue weighted by molar-refractivity contribution is -0.140. The molecule has 3 fully saturated rings. The first-order valence-corrected chi connectivity index (χ1v) is 11.2. The minimum atomic E-state index is -0.688. The van der Waals surface area contributed by atoms with Crippen LogP contribution in [0.15, 0.2) is 60.7 Å². The van der Waals surface area contributed by atoms with E-state index in [0.717, 1.165) is 0 Å². The van der Waals surface area contributed by atoms with Gasteiger partial charge in [0.2, 0.25) is 23.6 Å². The van der Waals surface area contributed by atoms with Gasteiger partial charge in [-0.25, -0.2) is 8.78 Å². The fraction of sp³-hybridized carbons (Fsp3) is 0.308. The fourth-order valence-electron chi connectivity index (χ4n) is 6.21. The van der Waals surface area contributed by atoms with Gasteiger partial charge in [-0.2, -0.15) is 0 Å². The average Bonchev–Trinajstić information content (AvgIpc) is 3.25. The van der Waals surface area contributed by atoms with Crippen LogP contribution in [0.2, 0.25) is 0 Å². The van der Waals surface area contributed by atoms with E-state index in [4.69, 9.17) is 0 Å². The number of carbonyl (C=O) groups is 4. The van der Waals surface area contributed by atoms with Crippen molar-refractivity contribution in [3.63, 3.8) is 0 Å². The maximum atomic E-state index is 13.3. The quantitative estimate of drug-likeness (QED) is 0.517. The number of imide groups is 2. The normalized spacial score (nSPS) is 31.5. The van der Waals surface area contributed by atoms with E-state index in [9.17, 15) is 28.0 Å². The van der Waals surface area contributed by atoms with Crippen molar-refractivity contribution < 1.29 is 28.0 Å². The molecule has 4 atom stereocenters. The van der Waals surface area contributed by atoms with Gasteiger partial charge < -0.3 is 0 Å². The van der Waals surface area contributed by atoms with Gasteiger partial charge in [-0.1, -0.05) is 36.4 Å². The van der Waals surface area contributed by atoms with Crippen LogP contribution in [0, 0.1) is 47.1 Å². The highest BCUT2D eigenvalue weighted by atomic mass is 19.1. The van der Waals surface area contributed by atoms with Crippen LogP contribution in [0.25, 0.3) is 0 Å². The minimum Gasteiger partial charge on any atom is -0.278 e. The predicted molar refractivity (Wildman–Crippen MR) is 114 cm³/mol. The molecule has 7 rings (SSSR count). The second-order valence-electron chi connectivity index (χ2n) is 9.42. The Labute approximate surface area is 193 Å². The number of likely N-dealkylation sites (tertiary alicyclic amines) is 2. The van der Waals surface area contributed by atoms with Crippen molar-refractivity contribution >= 4 is 23.6 Å². The van der Waals surface area contributed by atoms with Crippen molar-refractivity contribution in [2.45, 2.75) is 13.1 Å². The number of allylic oxidation sites excluding steroid dienone is 2. The highest BCUT2D eigenvalue weighted by Gasteiger charge is 2.68. The first-order valence-electron chi connectivity index (χ1n) is 11.2. The highest BCUT2D eigenvalue weighted by Crippen LogP contribution is 2.58. The molecular weight excluding hydrogens is 442 g/mol. The van der Waals surface area contributed by atoms with Crippen molar-refractivity contribution in [2.24, 2.45) is 35.5 Å². The van der Waals surface area contributed by atoms with E-state index in [2.05, 4.69) is 0 Å². The van der Waals surface area contributed by atoms with Crippen LogP contribution >= 0.6 is 0 Å². The van der Waals surface area contributed by atoms with Crippen molar-refractivity contribution in [2.75, 3.05) is 0 Å². The Morgan fingerprint density at radius 3 is 1.12 bits per heavy atom. The zero-order chi connectivity index (χ0) is 23.7. The standard InChI is InChI=1S/C26H20F2N2O4/c27-15-5-1-13(2-6-15)11-29-23(31)19-17-9-10-18(20(19)24(29)32)22-21(17)25(33)30(26(22)34)12-14-3-7-16(28)8-4-14/h1-10,17-22H,11-12H2. The Kier molecular flexibility index (Phi) is 4.56. The van der Waals surface area contributed by atoms with Crippen LogP contribution in [0.5, 0.6) is 0 Å². The topological polar surface area (TPSA) is 74.8 Å². The molecule has 172 valence electrons. The number of hydrogen-bond acceptors (Lipinski definition) is 4. The molecule has 2 heterocycles. The lowest BCUT2D eigenvalue weighted by atomic mass is 9.54. The molecule has 4 unspecified atom stereocenters. The van der Waals surface area contributed by atoms with Crippen LogP contribution < -0.4 is 0 Å². The maximum Gasteiger partial charge on any atom is 0.234 e. The summed E-state index contributed by atoms with van der Waals surface area (Å²) >= 11 is 0. The lowest BCUT2D eigenvalue weighted by Gasteiger charge is -2.44. The van der Waals surface area contributed by atoms with Crippen LogP contribution in [0.1, 0.15) is 11.1 Å². The van der Waals surface area contributed by atoms with Gasteiger partial charge in [0.1, 0.15) is 11.6 Å². The highest BCUT2D eigenvalue weighted by molar-refractivity contribution is 6.10. The number of rotatable bonds is 4. The summed E-state index contributed by atoms with van der Waals surface area (Å²) in [5.41, 5.74) is 1.25. The molecule has 6 nitrogen and oxygen atoms in total. The molecule has 3 aliphatic carbocycles. The fourth-order valence-corrected chi connectivity index (χ4v) is 6.21. The van der Waals surface area contributed by atoms with E-state index in [1.54, 1.807) is 0 Å². The zero-order valence-corrected chi connectivity index (χ0v) is 17.9. The van der Waals surface area contributed by atoms with Gasteiger partial charge in [0, 0.05) is 11.8 Å². The molecular formula is C26H20F2N2O4. The first kappa shape index (κ1) is 20.9. The summed E-state index contributed by atoms with van der Waals surface area (Å²) in [6.07, 6.45) is 3.62. The van der Waals surface area contributed by atoms with Crippen molar-refractivity contribution in [1.82, 2.24) is 9.80 Å². The van der Waals surface area contributed by atoms with Gasteiger partial charge in [0.15, 0.2) is 0 Å². The summed E-state index contributed by atoms with van der Waals surface area (Å²) in [5, 5.41) is 0. The van der Waals surface area contributed by atoms with E-state index >= 15 is 0 Å². The van der Waals surface area contributed by atoms with Gasteiger partial charge >= 0.3 is 0 Å². The summed E-state index contributed by atoms with van der Waals surface area (Å²) in [4.78, 5) is 55.7. The number of carbonyl (C=O) groups excluding carboxylic acids is 4. The summed E-state index contributed by atoms with van der Waals surface area (Å²) in [6.45, 7) is 0.0522. The Morgan fingerprint density at radius 1 is 0.529 bits per heavy atom. The van der Waals surface area contributed by atoms with E-state index in [-0.39, 0.29) is 36.7 Å². The molecule has 2 saturated heterocycles. The Hall–Kier alpha value is -3.68. The smallest absolute Gasteiger partial charge is 0.234 e. The third-order valence-electron chi connectivity index (χ3n) is 7.70. The molecule has 2 bridgehead atoms. The van der Waals surface area contributed by atoms with Gasteiger partial charge in [0.25, 0.3) is 0 Å². The molecule has 2 aliphatic heterocycles. The van der Waals surface area contributed by atoms with Crippen LogP contribution in [-0.4, -0.2) is 33.4 Å². The van der Waals surface area contributed by atoms with Gasteiger partial charge in [0.05, 0.1) is 36.8 Å². The van der Waals surface area contributed by atoms with E-state index in [1.165, 1.54) is 58.3 Å². The zero-order valence-electron chi connectivity index (χ0n) is 17.9. The number of benzene rings is 2. The van der Waals surface area contributed by atoms with Crippen LogP contribution in [0.3, 0.4) is 0 Å². The monoisotopic (exact) mass is 462 g/mol. The summed E-state index contributed by atoms with van der Waals surface area (Å²) in [5.74, 6) is -6.06. The van der Waals surface area contributed by atoms with Crippen molar-refractivity contribution in [3.05, 3.63) is 83.4 Å². The third kappa shape index (κ3) is 2.90. The minimum absolute atomic E-state index is 0.0261. The molecule has 5 aliphatic rings. The van der Waals surface area contributed by atoms with Crippen molar-refractivity contribution in [3.8, 4) is 0 Å². The van der Waals surface area contributed by atoms with E-state index in [1.807, 2.05) is 12.2 Å². The van der Waals surface area contributed by atoms with Crippen molar-refractivity contribution in [1.29, 1.82) is 0 Å². The average molecular weight is 462 g/mol. The summed E-state index contributed by atoms with van der Waals surface area (Å²) < 4.78 is 26.5. The molecule has 0 radical (unpaired) electrons. The van der Waals surface area contributed by atoms with Gasteiger partial charge in [-0.3, -0.25) is 29.0 Å². The second-order valence-corrected chi connectivity index (χ2v) is 9.42. The maximum absolute atomic E-state index is 13.3. The Balaban J connectivity index is 1.28. The van der Waals surface area contributed by atoms with Crippen LogP contribution in [0.4, 0.5) is 8.78 Å². The predicted octanol–water partition coefficient (Wildman–Crippen LogP) is 2.68. The molecule has 0 spiro atoms. The molecule has 2 aromatic rings. The number of amides is 4. The largest absolute Gasteiger partial charge is 0.278 e. The van der Waals surface area contributed by atoms with E-state index < -0.39 is 47.1 Å². The Bertz CT molecular complexity index is 1120. The number of hydrogen-bond donors (Lipinski definition) is 0. The molecule has 8 heteroatoms. The molecule has 2 aromatic carbocycles. The second kappa shape index (κ2) is 7.41. The molecule has 4 amide bonds. The molecule has 1 saturated carbocycles. The lowest BCUT2D eigenvalue weighted by Crippen LogP contribution is -2.50. The van der Waals surface area contributed by atoms with E-state index in [0.29, 0.717) is 11.1 Å². The third-order valence-corrected chi connectivity index (χ3v) is 7.70. The summed E-state index contributed by atoms with van der Waals surface area (Å²) in [7, 11) is 0. The van der Waals surface area contributed by atoms with Gasteiger partial charge in [-0.05, 0) is 35.4 Å². The SMILES string of the molecule is O=C1C2C3C=CC(C2C(=O)N1Cc1ccc(F)cc1)C1C(=O)N(Cc2ccc(F)cc2)C(=O)C31. The number of halogens is 2. The summed E-state index contributed by atoms with van der Waals surface area (Å²) in [6, 6.07) is 11.2.